The molecule has 0 bridgehead atoms. The summed E-state index contributed by atoms with van der Waals surface area (Å²) in [4.78, 5) is 25.4. The van der Waals surface area contributed by atoms with E-state index < -0.39 is 6.10 Å². The van der Waals surface area contributed by atoms with Crippen molar-refractivity contribution < 1.29 is 19.1 Å². The highest BCUT2D eigenvalue weighted by Gasteiger charge is 2.35. The van der Waals surface area contributed by atoms with E-state index in [-0.39, 0.29) is 24.2 Å². The maximum absolute atomic E-state index is 12.3. The van der Waals surface area contributed by atoms with Gasteiger partial charge in [-0.3, -0.25) is 9.59 Å². The summed E-state index contributed by atoms with van der Waals surface area (Å²) in [5.74, 6) is -0.258. The Hall–Kier alpha value is -1.36. The second-order valence-corrected chi connectivity index (χ2v) is 4.99. The molecule has 2 aliphatic rings. The first kappa shape index (κ1) is 14.1. The minimum atomic E-state index is -0.712. The van der Waals surface area contributed by atoms with Crippen LogP contribution in [0, 0.1) is 5.92 Å². The largest absolute Gasteiger partial charge is 0.466 e. The van der Waals surface area contributed by atoms with Gasteiger partial charge in [0.25, 0.3) is 5.91 Å². The zero-order valence-corrected chi connectivity index (χ0v) is 11.6. The molecule has 5 nitrogen and oxygen atoms in total. The predicted molar refractivity (Wildman–Crippen MR) is 69.2 cm³/mol. The van der Waals surface area contributed by atoms with E-state index in [0.29, 0.717) is 13.2 Å². The normalized spacial score (nSPS) is 27.4. The summed E-state index contributed by atoms with van der Waals surface area (Å²) in [5.41, 5.74) is 1.04. The van der Waals surface area contributed by atoms with Gasteiger partial charge in [0.1, 0.15) is 6.10 Å². The van der Waals surface area contributed by atoms with Crippen LogP contribution in [0.3, 0.4) is 0 Å². The Kier molecular flexibility index (Phi) is 4.58. The summed E-state index contributed by atoms with van der Waals surface area (Å²) in [7, 11) is 1.76. The van der Waals surface area contributed by atoms with Gasteiger partial charge in [-0.05, 0) is 26.2 Å². The third kappa shape index (κ3) is 3.15. The van der Waals surface area contributed by atoms with Gasteiger partial charge in [-0.1, -0.05) is 6.08 Å². The Bertz CT molecular complexity index is 391. The highest BCUT2D eigenvalue weighted by atomic mass is 16.5. The standard InChI is InChI=1S/C14H21NO4/c1-3-18-13(16)8-12-14(17)15(2)11-7-5-4-6-10(11)9-19-12/h7,10,12H,3-6,8-9H2,1-2H3. The average Bonchev–Trinajstić information content (AvgIpc) is 2.52. The van der Waals surface area contributed by atoms with E-state index in [2.05, 4.69) is 6.08 Å². The molecule has 0 saturated carbocycles. The molecule has 106 valence electrons. The van der Waals surface area contributed by atoms with Crippen LogP contribution in [0.25, 0.3) is 0 Å². The van der Waals surface area contributed by atoms with E-state index in [1.807, 2.05) is 0 Å². The molecule has 19 heavy (non-hydrogen) atoms. The Morgan fingerprint density at radius 3 is 3.11 bits per heavy atom. The summed E-state index contributed by atoms with van der Waals surface area (Å²) in [5, 5.41) is 0. The van der Waals surface area contributed by atoms with Crippen molar-refractivity contribution >= 4 is 11.9 Å². The number of ether oxygens (including phenoxy) is 2. The monoisotopic (exact) mass is 267 g/mol. The van der Waals surface area contributed by atoms with Crippen molar-refractivity contribution in [1.82, 2.24) is 4.90 Å². The molecule has 1 aliphatic carbocycles. The van der Waals surface area contributed by atoms with Crippen molar-refractivity contribution in [3.8, 4) is 0 Å². The second-order valence-electron chi connectivity index (χ2n) is 4.99. The van der Waals surface area contributed by atoms with Gasteiger partial charge in [0.15, 0.2) is 0 Å². The van der Waals surface area contributed by atoms with Crippen molar-refractivity contribution in [1.29, 1.82) is 0 Å². The van der Waals surface area contributed by atoms with Gasteiger partial charge >= 0.3 is 5.97 Å². The summed E-state index contributed by atoms with van der Waals surface area (Å²) in [6, 6.07) is 0. The second kappa shape index (κ2) is 6.19. The van der Waals surface area contributed by atoms with Crippen LogP contribution >= 0.6 is 0 Å². The van der Waals surface area contributed by atoms with E-state index in [9.17, 15) is 9.59 Å². The topological polar surface area (TPSA) is 55.8 Å². The number of hydrogen-bond acceptors (Lipinski definition) is 4. The Labute approximate surface area is 113 Å². The summed E-state index contributed by atoms with van der Waals surface area (Å²) in [6.07, 6.45) is 4.57. The number of hydrogen-bond donors (Lipinski definition) is 0. The minimum Gasteiger partial charge on any atom is -0.466 e. The number of esters is 1. The maximum Gasteiger partial charge on any atom is 0.308 e. The van der Waals surface area contributed by atoms with Gasteiger partial charge in [0.2, 0.25) is 0 Å². The van der Waals surface area contributed by atoms with Crippen LogP contribution in [0.1, 0.15) is 32.6 Å². The molecule has 1 aliphatic heterocycles. The minimum absolute atomic E-state index is 0.00296. The third-order valence-electron chi connectivity index (χ3n) is 3.68. The summed E-state index contributed by atoms with van der Waals surface area (Å²) >= 11 is 0. The number of amides is 1. The number of rotatable bonds is 3. The van der Waals surface area contributed by atoms with Crippen molar-refractivity contribution in [3.63, 3.8) is 0 Å². The molecule has 2 rings (SSSR count). The average molecular weight is 267 g/mol. The number of carbonyl (C=O) groups is 2. The zero-order chi connectivity index (χ0) is 13.8. The van der Waals surface area contributed by atoms with Crippen LogP contribution < -0.4 is 0 Å². The van der Waals surface area contributed by atoms with Crippen LogP contribution in [0.5, 0.6) is 0 Å². The van der Waals surface area contributed by atoms with E-state index in [0.717, 1.165) is 25.0 Å². The molecule has 1 heterocycles. The fourth-order valence-corrected chi connectivity index (χ4v) is 2.67. The van der Waals surface area contributed by atoms with Crippen molar-refractivity contribution in [2.75, 3.05) is 20.3 Å². The molecular formula is C14H21NO4. The van der Waals surface area contributed by atoms with Crippen LogP contribution in [0.4, 0.5) is 0 Å². The molecule has 2 atom stereocenters. The molecule has 5 heteroatoms. The number of nitrogens with zero attached hydrogens (tertiary/aromatic N) is 1. The van der Waals surface area contributed by atoms with Crippen molar-refractivity contribution in [3.05, 3.63) is 11.8 Å². The molecular weight excluding hydrogens is 246 g/mol. The SMILES string of the molecule is CCOC(=O)CC1OCC2CCCC=C2N(C)C1=O. The van der Waals surface area contributed by atoms with Crippen LogP contribution in [-0.2, 0) is 19.1 Å². The lowest BCUT2D eigenvalue weighted by Crippen LogP contribution is -2.37. The first-order chi connectivity index (χ1) is 9.13. The lowest BCUT2D eigenvalue weighted by Gasteiger charge is -2.27. The van der Waals surface area contributed by atoms with Gasteiger partial charge < -0.3 is 14.4 Å². The Morgan fingerprint density at radius 1 is 1.58 bits per heavy atom. The molecule has 2 unspecified atom stereocenters. The van der Waals surface area contributed by atoms with Gasteiger partial charge in [-0.15, -0.1) is 0 Å². The maximum atomic E-state index is 12.3. The Morgan fingerprint density at radius 2 is 2.37 bits per heavy atom. The summed E-state index contributed by atoms with van der Waals surface area (Å²) in [6.45, 7) is 2.58. The van der Waals surface area contributed by atoms with Crippen molar-refractivity contribution in [2.45, 2.75) is 38.7 Å². The molecule has 0 N–H and O–H groups in total. The van der Waals surface area contributed by atoms with E-state index >= 15 is 0 Å². The molecule has 0 aromatic carbocycles. The van der Waals surface area contributed by atoms with Crippen molar-refractivity contribution in [2.24, 2.45) is 5.92 Å². The first-order valence-electron chi connectivity index (χ1n) is 6.88. The molecule has 0 aromatic rings. The third-order valence-corrected chi connectivity index (χ3v) is 3.68. The summed E-state index contributed by atoms with van der Waals surface area (Å²) < 4.78 is 10.5. The van der Waals surface area contributed by atoms with E-state index in [1.54, 1.807) is 18.9 Å². The van der Waals surface area contributed by atoms with E-state index in [1.165, 1.54) is 0 Å². The quantitative estimate of drug-likeness (QED) is 0.727. The fourth-order valence-electron chi connectivity index (χ4n) is 2.67. The Balaban J connectivity index is 2.08. The fraction of sp³-hybridized carbons (Fsp3) is 0.714. The molecule has 0 spiro atoms. The van der Waals surface area contributed by atoms with E-state index in [4.69, 9.17) is 9.47 Å². The lowest BCUT2D eigenvalue weighted by atomic mass is 9.92. The van der Waals surface area contributed by atoms with Crippen LogP contribution in [0.2, 0.25) is 0 Å². The number of likely N-dealkylation sites (N-methyl/N-ethyl adjacent to an activating group) is 1. The van der Waals surface area contributed by atoms with Crippen LogP contribution in [0.15, 0.2) is 11.8 Å². The highest BCUT2D eigenvalue weighted by molar-refractivity contribution is 5.87. The van der Waals surface area contributed by atoms with Gasteiger partial charge in [-0.25, -0.2) is 0 Å². The van der Waals surface area contributed by atoms with Gasteiger partial charge in [0, 0.05) is 18.7 Å². The molecule has 1 fully saturated rings. The molecule has 0 aromatic heterocycles. The lowest BCUT2D eigenvalue weighted by molar-refractivity contribution is -0.152. The molecule has 1 amide bonds. The first-order valence-corrected chi connectivity index (χ1v) is 6.88. The predicted octanol–water partition coefficient (Wildman–Crippen LogP) is 1.48. The van der Waals surface area contributed by atoms with Gasteiger partial charge in [-0.2, -0.15) is 0 Å². The molecule has 0 radical (unpaired) electrons. The number of carbonyl (C=O) groups excluding carboxylic acids is 2. The molecule has 1 saturated heterocycles. The van der Waals surface area contributed by atoms with Crippen LogP contribution in [-0.4, -0.2) is 43.1 Å². The number of allylic oxidation sites excluding steroid dienone is 1. The smallest absolute Gasteiger partial charge is 0.308 e. The number of fused-ring (bicyclic) bond motifs is 1. The zero-order valence-electron chi connectivity index (χ0n) is 11.6. The van der Waals surface area contributed by atoms with Gasteiger partial charge in [0.05, 0.1) is 19.6 Å². The highest BCUT2D eigenvalue weighted by Crippen LogP contribution is 2.30.